The first kappa shape index (κ1) is 16.2. The molecule has 0 unspecified atom stereocenters. The van der Waals surface area contributed by atoms with E-state index in [1.807, 2.05) is 6.92 Å². The van der Waals surface area contributed by atoms with Crippen LogP contribution in [0.1, 0.15) is 23.7 Å². The summed E-state index contributed by atoms with van der Waals surface area (Å²) in [6, 6.07) is 6.32. The van der Waals surface area contributed by atoms with Crippen LogP contribution >= 0.6 is 0 Å². The van der Waals surface area contributed by atoms with Crippen LogP contribution in [0, 0.1) is 5.82 Å². The Labute approximate surface area is 129 Å². The number of halogens is 1. The molecule has 1 amide bonds. The molecule has 0 radical (unpaired) electrons. The van der Waals surface area contributed by atoms with E-state index in [1.54, 1.807) is 30.2 Å². The van der Waals surface area contributed by atoms with Crippen LogP contribution in [0.15, 0.2) is 30.5 Å². The monoisotopic (exact) mass is 305 g/mol. The Hall–Kier alpha value is -2.21. The number of hydrogen-bond donors (Lipinski definition) is 1. The van der Waals surface area contributed by atoms with Gasteiger partial charge in [0, 0.05) is 25.8 Å². The molecule has 22 heavy (non-hydrogen) atoms. The number of ether oxygens (including phenoxy) is 1. The number of carbonyl (C=O) groups is 1. The van der Waals surface area contributed by atoms with E-state index in [2.05, 4.69) is 10.2 Å². The smallest absolute Gasteiger partial charge is 0.257 e. The van der Waals surface area contributed by atoms with Crippen molar-refractivity contribution in [2.75, 3.05) is 26.8 Å². The minimum absolute atomic E-state index is 0.175. The van der Waals surface area contributed by atoms with Crippen LogP contribution in [0.2, 0.25) is 0 Å². The fourth-order valence-electron chi connectivity index (χ4n) is 2.27. The summed E-state index contributed by atoms with van der Waals surface area (Å²) in [5, 5.41) is 6.64. The molecule has 2 rings (SSSR count). The summed E-state index contributed by atoms with van der Waals surface area (Å²) in [4.78, 5) is 14.4. The Bertz CT molecular complexity index is 627. The van der Waals surface area contributed by atoms with E-state index < -0.39 is 0 Å². The molecule has 0 fully saturated rings. The summed E-state index contributed by atoms with van der Waals surface area (Å²) >= 11 is 0. The number of carbonyl (C=O) groups excluding carboxylic acids is 1. The molecule has 0 aliphatic rings. The number of aromatic amines is 1. The van der Waals surface area contributed by atoms with Gasteiger partial charge in [-0.05, 0) is 18.6 Å². The first-order valence-corrected chi connectivity index (χ1v) is 7.25. The molecule has 5 nitrogen and oxygen atoms in total. The third-order valence-corrected chi connectivity index (χ3v) is 3.36. The van der Waals surface area contributed by atoms with Gasteiger partial charge in [0.25, 0.3) is 5.91 Å². The summed E-state index contributed by atoms with van der Waals surface area (Å²) in [7, 11) is 1.59. The normalized spacial score (nSPS) is 10.7. The summed E-state index contributed by atoms with van der Waals surface area (Å²) in [5.74, 6) is -0.564. The number of hydrogen-bond acceptors (Lipinski definition) is 3. The van der Waals surface area contributed by atoms with Crippen molar-refractivity contribution < 1.29 is 13.9 Å². The highest BCUT2D eigenvalue weighted by atomic mass is 19.1. The maximum Gasteiger partial charge on any atom is 0.257 e. The molecule has 2 aromatic rings. The lowest BCUT2D eigenvalue weighted by Crippen LogP contribution is -2.34. The molecular weight excluding hydrogens is 285 g/mol. The van der Waals surface area contributed by atoms with Crippen LogP contribution < -0.4 is 0 Å². The van der Waals surface area contributed by atoms with Gasteiger partial charge in [0.2, 0.25) is 0 Å². The largest absolute Gasteiger partial charge is 0.383 e. The number of nitrogens with zero attached hydrogens (tertiary/aromatic N) is 2. The summed E-state index contributed by atoms with van der Waals surface area (Å²) in [5.41, 5.74) is 1.11. The van der Waals surface area contributed by atoms with Gasteiger partial charge >= 0.3 is 0 Å². The van der Waals surface area contributed by atoms with E-state index in [1.165, 1.54) is 12.3 Å². The second-order valence-electron chi connectivity index (χ2n) is 4.92. The fraction of sp³-hybridized carbons (Fsp3) is 0.375. The number of nitrogens with one attached hydrogen (secondary N) is 1. The van der Waals surface area contributed by atoms with E-state index in [0.717, 1.165) is 6.42 Å². The Morgan fingerprint density at radius 1 is 1.36 bits per heavy atom. The number of aromatic nitrogens is 2. The summed E-state index contributed by atoms with van der Waals surface area (Å²) in [6.07, 6.45) is 2.28. The van der Waals surface area contributed by atoms with Gasteiger partial charge in [-0.25, -0.2) is 4.39 Å². The zero-order chi connectivity index (χ0) is 15.9. The van der Waals surface area contributed by atoms with Gasteiger partial charge < -0.3 is 9.64 Å². The van der Waals surface area contributed by atoms with E-state index in [4.69, 9.17) is 4.74 Å². The summed E-state index contributed by atoms with van der Waals surface area (Å²) in [6.45, 7) is 3.56. The maximum atomic E-state index is 14.0. The lowest BCUT2D eigenvalue weighted by atomic mass is 10.1. The molecule has 1 aromatic heterocycles. The lowest BCUT2D eigenvalue weighted by molar-refractivity contribution is 0.0696. The standard InChI is InChI=1S/C16H20FN3O2/c1-3-8-20(9-10-22-2)16(21)13-11-18-19-15(13)12-6-4-5-7-14(12)17/h4-7,11H,3,8-10H2,1-2H3,(H,18,19). The second kappa shape index (κ2) is 7.70. The zero-order valence-electron chi connectivity index (χ0n) is 12.8. The van der Waals surface area contributed by atoms with E-state index in [0.29, 0.717) is 36.5 Å². The molecule has 0 saturated heterocycles. The van der Waals surface area contributed by atoms with Crippen molar-refractivity contribution >= 4 is 5.91 Å². The number of amides is 1. The van der Waals surface area contributed by atoms with Crippen LogP contribution in [-0.2, 0) is 4.74 Å². The first-order valence-electron chi connectivity index (χ1n) is 7.25. The number of benzene rings is 1. The van der Waals surface area contributed by atoms with E-state index in [-0.39, 0.29) is 11.7 Å². The Morgan fingerprint density at radius 3 is 2.82 bits per heavy atom. The third kappa shape index (κ3) is 3.51. The van der Waals surface area contributed by atoms with Gasteiger partial charge in [-0.1, -0.05) is 19.1 Å². The van der Waals surface area contributed by atoms with Crippen molar-refractivity contribution in [3.8, 4) is 11.3 Å². The van der Waals surface area contributed by atoms with E-state index >= 15 is 0 Å². The van der Waals surface area contributed by atoms with Crippen molar-refractivity contribution in [2.24, 2.45) is 0 Å². The molecule has 0 aliphatic carbocycles. The number of rotatable bonds is 7. The van der Waals surface area contributed by atoms with Crippen molar-refractivity contribution in [1.82, 2.24) is 15.1 Å². The van der Waals surface area contributed by atoms with Gasteiger partial charge in [-0.2, -0.15) is 5.10 Å². The third-order valence-electron chi connectivity index (χ3n) is 3.36. The molecule has 0 spiro atoms. The predicted molar refractivity (Wildman–Crippen MR) is 82.1 cm³/mol. The van der Waals surface area contributed by atoms with Crippen LogP contribution in [0.3, 0.4) is 0 Å². The molecule has 1 heterocycles. The van der Waals surface area contributed by atoms with Gasteiger partial charge in [-0.15, -0.1) is 0 Å². The Morgan fingerprint density at radius 2 is 2.14 bits per heavy atom. The highest BCUT2D eigenvalue weighted by molar-refractivity contribution is 5.99. The Balaban J connectivity index is 2.31. The SMILES string of the molecule is CCCN(CCOC)C(=O)c1cn[nH]c1-c1ccccc1F. The van der Waals surface area contributed by atoms with Gasteiger partial charge in [0.05, 0.1) is 24.1 Å². The van der Waals surface area contributed by atoms with Crippen LogP contribution in [0.5, 0.6) is 0 Å². The first-order chi connectivity index (χ1) is 10.7. The summed E-state index contributed by atoms with van der Waals surface area (Å²) < 4.78 is 19.0. The molecule has 1 aromatic carbocycles. The Kier molecular flexibility index (Phi) is 5.66. The van der Waals surface area contributed by atoms with E-state index in [9.17, 15) is 9.18 Å². The molecular formula is C16H20FN3O2. The predicted octanol–water partition coefficient (Wildman–Crippen LogP) is 2.71. The minimum atomic E-state index is -0.389. The van der Waals surface area contributed by atoms with Crippen LogP contribution in [-0.4, -0.2) is 47.8 Å². The van der Waals surface area contributed by atoms with Gasteiger partial charge in [-0.3, -0.25) is 9.89 Å². The number of H-pyrrole nitrogens is 1. The highest BCUT2D eigenvalue weighted by Crippen LogP contribution is 2.24. The van der Waals surface area contributed by atoms with Gasteiger partial charge in [0.15, 0.2) is 0 Å². The highest BCUT2D eigenvalue weighted by Gasteiger charge is 2.22. The fourth-order valence-corrected chi connectivity index (χ4v) is 2.27. The topological polar surface area (TPSA) is 58.2 Å². The molecule has 0 atom stereocenters. The lowest BCUT2D eigenvalue weighted by Gasteiger charge is -2.21. The minimum Gasteiger partial charge on any atom is -0.383 e. The molecule has 1 N–H and O–H groups in total. The molecule has 0 saturated carbocycles. The van der Waals surface area contributed by atoms with Crippen LogP contribution in [0.25, 0.3) is 11.3 Å². The average molecular weight is 305 g/mol. The number of methoxy groups -OCH3 is 1. The molecule has 0 bridgehead atoms. The van der Waals surface area contributed by atoms with Crippen molar-refractivity contribution in [1.29, 1.82) is 0 Å². The van der Waals surface area contributed by atoms with Crippen molar-refractivity contribution in [2.45, 2.75) is 13.3 Å². The van der Waals surface area contributed by atoms with Crippen molar-refractivity contribution in [3.05, 3.63) is 41.8 Å². The maximum absolute atomic E-state index is 14.0. The quantitative estimate of drug-likeness (QED) is 0.855. The average Bonchev–Trinajstić information content (AvgIpc) is 3.00. The molecule has 0 aliphatic heterocycles. The zero-order valence-corrected chi connectivity index (χ0v) is 12.8. The van der Waals surface area contributed by atoms with Crippen LogP contribution in [0.4, 0.5) is 4.39 Å². The molecule has 118 valence electrons. The van der Waals surface area contributed by atoms with Gasteiger partial charge in [0.1, 0.15) is 5.82 Å². The second-order valence-corrected chi connectivity index (χ2v) is 4.92. The van der Waals surface area contributed by atoms with Crippen molar-refractivity contribution in [3.63, 3.8) is 0 Å². The molecule has 6 heteroatoms.